The monoisotopic (exact) mass is 273 g/mol. The lowest BCUT2D eigenvalue weighted by Gasteiger charge is -2.21. The number of nitrogens with zero attached hydrogens (tertiary/aromatic N) is 1. The summed E-state index contributed by atoms with van der Waals surface area (Å²) < 4.78 is 0. The Morgan fingerprint density at radius 3 is 2.45 bits per heavy atom. The van der Waals surface area contributed by atoms with Gasteiger partial charge >= 0.3 is 5.97 Å². The molecule has 20 heavy (non-hydrogen) atoms. The highest BCUT2D eigenvalue weighted by molar-refractivity contribution is 5.82. The summed E-state index contributed by atoms with van der Waals surface area (Å²) in [5, 5.41) is 28.4. The molecule has 0 unspecified atom stereocenters. The minimum atomic E-state index is -1.38. The van der Waals surface area contributed by atoms with E-state index < -0.39 is 17.0 Å². The molecule has 0 aliphatic heterocycles. The number of hydrogen-bond donors (Lipinski definition) is 2. The molecule has 4 heteroatoms. The van der Waals surface area contributed by atoms with Crippen molar-refractivity contribution >= 4 is 5.97 Å². The smallest absolute Gasteiger partial charge is 0.329 e. The molecule has 2 aliphatic rings. The van der Waals surface area contributed by atoms with E-state index in [0.29, 0.717) is 18.4 Å². The van der Waals surface area contributed by atoms with Crippen molar-refractivity contribution < 1.29 is 15.0 Å². The van der Waals surface area contributed by atoms with Crippen LogP contribution >= 0.6 is 0 Å². The van der Waals surface area contributed by atoms with Crippen LogP contribution in [0.2, 0.25) is 0 Å². The van der Waals surface area contributed by atoms with Gasteiger partial charge in [0, 0.05) is 11.6 Å². The van der Waals surface area contributed by atoms with Crippen LogP contribution in [0.25, 0.3) is 0 Å². The first kappa shape index (κ1) is 14.6. The van der Waals surface area contributed by atoms with E-state index in [1.165, 1.54) is 0 Å². The molecule has 4 nitrogen and oxygen atoms in total. The highest BCUT2D eigenvalue weighted by Gasteiger charge is 2.56. The third kappa shape index (κ3) is 2.86. The molecular weight excluding hydrogens is 254 g/mol. The van der Waals surface area contributed by atoms with Gasteiger partial charge in [-0.2, -0.15) is 5.26 Å². The molecule has 1 atom stereocenters. The van der Waals surface area contributed by atoms with Gasteiger partial charge in [-0.25, -0.2) is 4.79 Å². The van der Waals surface area contributed by atoms with Gasteiger partial charge < -0.3 is 10.2 Å². The van der Waals surface area contributed by atoms with E-state index in [1.54, 1.807) is 6.92 Å². The number of hydrogen-bond acceptors (Lipinski definition) is 3. The largest absolute Gasteiger partial charge is 0.478 e. The molecule has 2 saturated carbocycles. The topological polar surface area (TPSA) is 81.3 Å². The average Bonchev–Trinajstić information content (AvgIpc) is 3.02. The van der Waals surface area contributed by atoms with E-state index in [9.17, 15) is 9.90 Å². The van der Waals surface area contributed by atoms with Crippen LogP contribution in [0.3, 0.4) is 0 Å². The Labute approximate surface area is 119 Å². The maximum Gasteiger partial charge on any atom is 0.329 e. The van der Waals surface area contributed by atoms with Crippen LogP contribution in [-0.2, 0) is 4.79 Å². The van der Waals surface area contributed by atoms with Gasteiger partial charge in [0.25, 0.3) is 0 Å². The van der Waals surface area contributed by atoms with Crippen LogP contribution < -0.4 is 0 Å². The fourth-order valence-corrected chi connectivity index (χ4v) is 2.77. The molecule has 2 fully saturated rings. The van der Waals surface area contributed by atoms with Gasteiger partial charge in [-0.05, 0) is 38.5 Å². The van der Waals surface area contributed by atoms with Crippen LogP contribution in [0.4, 0.5) is 0 Å². The van der Waals surface area contributed by atoms with Gasteiger partial charge in [-0.15, -0.1) is 0 Å². The predicted molar refractivity (Wildman–Crippen MR) is 73.4 cm³/mol. The first-order chi connectivity index (χ1) is 9.40. The second-order valence-electron chi connectivity index (χ2n) is 5.94. The SMILES string of the molecule is C[C@@](O)(C#C/C(=C\C(=O)O)C1CCCC1)C1(C#N)CC1. The number of carboxylic acid groups (broad SMARTS) is 1. The summed E-state index contributed by atoms with van der Waals surface area (Å²) in [6, 6.07) is 2.14. The van der Waals surface area contributed by atoms with E-state index >= 15 is 0 Å². The summed E-state index contributed by atoms with van der Waals surface area (Å²) in [6.45, 7) is 1.54. The zero-order valence-electron chi connectivity index (χ0n) is 11.6. The molecule has 0 aromatic heterocycles. The Hall–Kier alpha value is -1.78. The third-order valence-electron chi connectivity index (χ3n) is 4.42. The lowest BCUT2D eigenvalue weighted by Crippen LogP contribution is -2.33. The quantitative estimate of drug-likeness (QED) is 0.610. The van der Waals surface area contributed by atoms with Crippen molar-refractivity contribution in [2.45, 2.75) is 51.0 Å². The number of aliphatic carboxylic acids is 1. The summed E-state index contributed by atoms with van der Waals surface area (Å²) in [4.78, 5) is 10.9. The second-order valence-corrected chi connectivity index (χ2v) is 5.94. The Bertz CT molecular complexity index is 532. The maximum absolute atomic E-state index is 10.9. The lowest BCUT2D eigenvalue weighted by molar-refractivity contribution is -0.131. The van der Waals surface area contributed by atoms with E-state index in [-0.39, 0.29) is 5.92 Å². The van der Waals surface area contributed by atoms with Gasteiger partial charge in [0.2, 0.25) is 0 Å². The van der Waals surface area contributed by atoms with Crippen LogP contribution in [-0.4, -0.2) is 21.8 Å². The minimum Gasteiger partial charge on any atom is -0.478 e. The molecule has 2 N–H and O–H groups in total. The number of carbonyl (C=O) groups is 1. The van der Waals surface area contributed by atoms with Crippen molar-refractivity contribution in [3.05, 3.63) is 11.6 Å². The van der Waals surface area contributed by atoms with Crippen molar-refractivity contribution in [1.82, 2.24) is 0 Å². The fraction of sp³-hybridized carbons (Fsp3) is 0.625. The summed E-state index contributed by atoms with van der Waals surface area (Å²) in [5.41, 5.74) is -1.58. The molecule has 0 spiro atoms. The van der Waals surface area contributed by atoms with Crippen molar-refractivity contribution in [3.63, 3.8) is 0 Å². The van der Waals surface area contributed by atoms with E-state index in [0.717, 1.165) is 31.8 Å². The zero-order chi connectivity index (χ0) is 14.8. The Balaban J connectivity index is 2.23. The summed E-state index contributed by atoms with van der Waals surface area (Å²) in [5.74, 6) is 4.75. The molecule has 0 bridgehead atoms. The number of allylic oxidation sites excluding steroid dienone is 1. The minimum absolute atomic E-state index is 0.173. The van der Waals surface area contributed by atoms with Crippen LogP contribution in [0.5, 0.6) is 0 Å². The Morgan fingerprint density at radius 2 is 2.00 bits per heavy atom. The second kappa shape index (κ2) is 5.31. The zero-order valence-corrected chi connectivity index (χ0v) is 11.6. The summed E-state index contributed by atoms with van der Waals surface area (Å²) in [6.07, 6.45) is 6.49. The molecule has 2 rings (SSSR count). The molecule has 0 saturated heterocycles. The van der Waals surface area contributed by atoms with Gasteiger partial charge in [-0.1, -0.05) is 24.7 Å². The average molecular weight is 273 g/mol. The van der Waals surface area contributed by atoms with Crippen LogP contribution in [0.15, 0.2) is 11.6 Å². The molecule has 0 amide bonds. The van der Waals surface area contributed by atoms with Crippen molar-refractivity contribution in [2.75, 3.05) is 0 Å². The molecule has 0 heterocycles. The number of carboxylic acids is 1. The first-order valence-corrected chi connectivity index (χ1v) is 7.01. The highest BCUT2D eigenvalue weighted by atomic mass is 16.4. The molecule has 0 aromatic carbocycles. The van der Waals surface area contributed by atoms with E-state index in [2.05, 4.69) is 17.9 Å². The van der Waals surface area contributed by atoms with Crippen LogP contribution in [0.1, 0.15) is 45.4 Å². The number of rotatable bonds is 3. The van der Waals surface area contributed by atoms with Crippen molar-refractivity contribution in [1.29, 1.82) is 5.26 Å². The summed E-state index contributed by atoms with van der Waals surface area (Å²) in [7, 11) is 0. The maximum atomic E-state index is 10.9. The number of aliphatic hydroxyl groups is 1. The van der Waals surface area contributed by atoms with Gasteiger partial charge in [-0.3, -0.25) is 0 Å². The van der Waals surface area contributed by atoms with E-state index in [1.807, 2.05) is 0 Å². The van der Waals surface area contributed by atoms with Gasteiger partial charge in [0.15, 0.2) is 0 Å². The van der Waals surface area contributed by atoms with Crippen molar-refractivity contribution in [2.24, 2.45) is 11.3 Å². The molecular formula is C16H19NO3. The number of nitriles is 1. The Morgan fingerprint density at radius 1 is 1.40 bits per heavy atom. The molecule has 0 aromatic rings. The summed E-state index contributed by atoms with van der Waals surface area (Å²) >= 11 is 0. The Kier molecular flexibility index (Phi) is 3.88. The predicted octanol–water partition coefficient (Wildman–Crippen LogP) is 2.25. The van der Waals surface area contributed by atoms with E-state index in [4.69, 9.17) is 10.4 Å². The van der Waals surface area contributed by atoms with Gasteiger partial charge in [0.05, 0.1) is 11.5 Å². The normalized spacial score (nSPS) is 24.1. The molecule has 0 radical (unpaired) electrons. The van der Waals surface area contributed by atoms with Crippen molar-refractivity contribution in [3.8, 4) is 17.9 Å². The first-order valence-electron chi connectivity index (χ1n) is 7.01. The van der Waals surface area contributed by atoms with Gasteiger partial charge in [0.1, 0.15) is 5.60 Å². The lowest BCUT2D eigenvalue weighted by atomic mass is 9.86. The van der Waals surface area contributed by atoms with Crippen LogP contribution in [0, 0.1) is 34.5 Å². The fourth-order valence-electron chi connectivity index (χ4n) is 2.77. The third-order valence-corrected chi connectivity index (χ3v) is 4.42. The molecule has 106 valence electrons. The highest BCUT2D eigenvalue weighted by Crippen LogP contribution is 2.53. The standard InChI is InChI=1S/C16H19NO3/c1-15(20,16(11-17)8-9-16)7-6-13(10-14(18)19)12-4-2-3-5-12/h10,12,20H,2-5,8-9H2,1H3,(H,18,19)/b13-10+/t15-/m1/s1. The molecule has 2 aliphatic carbocycles.